The molecule has 1 heterocycles. The van der Waals surface area contributed by atoms with Crippen molar-refractivity contribution >= 4 is 23.5 Å². The molecular formula is C17H17ClN4O3. The van der Waals surface area contributed by atoms with Gasteiger partial charge in [-0.25, -0.2) is 9.67 Å². The zero-order valence-corrected chi connectivity index (χ0v) is 14.1. The Labute approximate surface area is 149 Å². The zero-order valence-electron chi connectivity index (χ0n) is 13.4. The molecule has 0 radical (unpaired) electrons. The van der Waals surface area contributed by atoms with Crippen LogP contribution >= 0.6 is 11.6 Å². The van der Waals surface area contributed by atoms with E-state index in [9.17, 15) is 9.59 Å². The van der Waals surface area contributed by atoms with Crippen molar-refractivity contribution in [1.29, 1.82) is 0 Å². The first-order chi connectivity index (χ1) is 12.0. The van der Waals surface area contributed by atoms with Gasteiger partial charge in [-0.1, -0.05) is 23.7 Å². The number of carbonyl (C=O) groups is 2. The zero-order chi connectivity index (χ0) is 17.6. The lowest BCUT2D eigenvalue weighted by Gasteiger charge is -2.32. The Hall–Kier alpha value is -2.41. The van der Waals surface area contributed by atoms with Gasteiger partial charge in [-0.3, -0.25) is 9.59 Å². The van der Waals surface area contributed by atoms with E-state index >= 15 is 0 Å². The normalized spacial score (nSPS) is 22.3. The topological polar surface area (TPSA) is 97.1 Å². The van der Waals surface area contributed by atoms with Crippen LogP contribution < -0.4 is 5.32 Å². The third-order valence-electron chi connectivity index (χ3n) is 4.68. The summed E-state index contributed by atoms with van der Waals surface area (Å²) in [5.41, 5.74) is 0.701. The molecule has 7 nitrogen and oxygen atoms in total. The Morgan fingerprint density at radius 1 is 1.24 bits per heavy atom. The summed E-state index contributed by atoms with van der Waals surface area (Å²) in [5.74, 6) is -0.425. The number of aromatic nitrogens is 3. The van der Waals surface area contributed by atoms with Crippen LogP contribution in [0.15, 0.2) is 24.3 Å². The highest BCUT2D eigenvalue weighted by Crippen LogP contribution is 2.40. The van der Waals surface area contributed by atoms with E-state index in [0.717, 1.165) is 18.7 Å². The fourth-order valence-corrected chi connectivity index (χ4v) is 3.23. The number of hydrogen-bond acceptors (Lipinski definition) is 4. The number of halogens is 1. The molecule has 4 rings (SSSR count). The molecule has 0 saturated heterocycles. The third kappa shape index (κ3) is 3.11. The van der Waals surface area contributed by atoms with E-state index in [-0.39, 0.29) is 23.7 Å². The first-order valence-electron chi connectivity index (χ1n) is 8.28. The van der Waals surface area contributed by atoms with Crippen molar-refractivity contribution in [2.24, 2.45) is 5.92 Å². The van der Waals surface area contributed by atoms with Crippen molar-refractivity contribution < 1.29 is 14.7 Å². The monoisotopic (exact) mass is 360 g/mol. The average Bonchev–Trinajstić information content (AvgIpc) is 3.29. The summed E-state index contributed by atoms with van der Waals surface area (Å²) in [5, 5.41) is 16.6. The lowest BCUT2D eigenvalue weighted by Crippen LogP contribution is -2.47. The van der Waals surface area contributed by atoms with Gasteiger partial charge in [-0.15, -0.1) is 5.10 Å². The molecule has 0 bridgehead atoms. The summed E-state index contributed by atoms with van der Waals surface area (Å²) in [4.78, 5) is 27.7. The van der Waals surface area contributed by atoms with Gasteiger partial charge in [0.05, 0.1) is 16.6 Å². The molecule has 130 valence electrons. The molecule has 8 heteroatoms. The van der Waals surface area contributed by atoms with Crippen LogP contribution in [0.4, 0.5) is 0 Å². The van der Waals surface area contributed by atoms with Gasteiger partial charge in [0.2, 0.25) is 5.82 Å². The van der Waals surface area contributed by atoms with Gasteiger partial charge in [0.25, 0.3) is 5.91 Å². The highest BCUT2D eigenvalue weighted by molar-refractivity contribution is 6.32. The second-order valence-electron chi connectivity index (χ2n) is 6.61. The van der Waals surface area contributed by atoms with Crippen LogP contribution in [0.1, 0.15) is 48.0 Å². The Bertz CT molecular complexity index is 840. The predicted molar refractivity (Wildman–Crippen MR) is 90.0 cm³/mol. The van der Waals surface area contributed by atoms with Crippen LogP contribution in [-0.2, 0) is 4.79 Å². The number of carboxylic acids is 1. The number of aliphatic carboxylic acids is 1. The van der Waals surface area contributed by atoms with Crippen molar-refractivity contribution in [3.05, 3.63) is 40.9 Å². The molecular weight excluding hydrogens is 344 g/mol. The second kappa shape index (κ2) is 6.15. The average molecular weight is 361 g/mol. The Morgan fingerprint density at radius 2 is 1.96 bits per heavy atom. The summed E-state index contributed by atoms with van der Waals surface area (Å²) in [6.07, 6.45) is 2.93. The molecule has 0 atom stereocenters. The number of rotatable bonds is 5. The van der Waals surface area contributed by atoms with Gasteiger partial charge in [-0.05, 0) is 37.8 Å². The SMILES string of the molecule is O=C(NC1CC(C(=O)O)C1)c1nc(C2CC2)n(-c2ccccc2Cl)n1. The van der Waals surface area contributed by atoms with Gasteiger partial charge >= 0.3 is 5.97 Å². The largest absolute Gasteiger partial charge is 0.481 e. The van der Waals surface area contributed by atoms with E-state index in [1.807, 2.05) is 18.2 Å². The highest BCUT2D eigenvalue weighted by atomic mass is 35.5. The van der Waals surface area contributed by atoms with Crippen molar-refractivity contribution in [3.8, 4) is 5.69 Å². The van der Waals surface area contributed by atoms with Crippen LogP contribution in [0.2, 0.25) is 5.02 Å². The molecule has 0 unspecified atom stereocenters. The van der Waals surface area contributed by atoms with Crippen LogP contribution in [-0.4, -0.2) is 37.8 Å². The number of hydrogen-bond donors (Lipinski definition) is 2. The van der Waals surface area contributed by atoms with Crippen molar-refractivity contribution in [3.63, 3.8) is 0 Å². The first-order valence-corrected chi connectivity index (χ1v) is 8.66. The maximum absolute atomic E-state index is 12.4. The lowest BCUT2D eigenvalue weighted by molar-refractivity contribution is -0.145. The Balaban J connectivity index is 1.55. The highest BCUT2D eigenvalue weighted by Gasteiger charge is 2.37. The third-order valence-corrected chi connectivity index (χ3v) is 5.00. The van der Waals surface area contributed by atoms with Gasteiger partial charge < -0.3 is 10.4 Å². The minimum Gasteiger partial charge on any atom is -0.481 e. The van der Waals surface area contributed by atoms with E-state index in [0.29, 0.717) is 29.5 Å². The molecule has 1 aromatic heterocycles. The number of nitrogens with zero attached hydrogens (tertiary/aromatic N) is 3. The molecule has 2 aromatic rings. The fourth-order valence-electron chi connectivity index (χ4n) is 3.01. The van der Waals surface area contributed by atoms with E-state index in [1.165, 1.54) is 0 Å². The number of amides is 1. The summed E-state index contributed by atoms with van der Waals surface area (Å²) < 4.78 is 1.65. The fraction of sp³-hybridized carbons (Fsp3) is 0.412. The maximum atomic E-state index is 12.4. The summed E-state index contributed by atoms with van der Waals surface area (Å²) in [6, 6.07) is 7.18. The lowest BCUT2D eigenvalue weighted by atomic mass is 9.80. The molecule has 0 spiro atoms. The standard InChI is InChI=1S/C17H17ClN4O3/c18-12-3-1-2-4-13(12)22-15(9-5-6-9)20-14(21-22)16(23)19-11-7-10(8-11)17(24)25/h1-4,9-11H,5-8H2,(H,19,23)(H,24,25). The molecule has 2 N–H and O–H groups in total. The van der Waals surface area contributed by atoms with Gasteiger partial charge in [0.15, 0.2) is 0 Å². The van der Waals surface area contributed by atoms with Crippen molar-refractivity contribution in [2.75, 3.05) is 0 Å². The molecule has 2 fully saturated rings. The number of para-hydroxylation sites is 1. The number of benzene rings is 1. The second-order valence-corrected chi connectivity index (χ2v) is 7.02. The van der Waals surface area contributed by atoms with Gasteiger partial charge in [0.1, 0.15) is 5.82 Å². The van der Waals surface area contributed by atoms with Crippen molar-refractivity contribution in [1.82, 2.24) is 20.1 Å². The predicted octanol–water partition coefficient (Wildman–Crippen LogP) is 2.39. The minimum atomic E-state index is -0.817. The molecule has 2 aliphatic rings. The summed E-state index contributed by atoms with van der Waals surface area (Å²) in [7, 11) is 0. The first kappa shape index (κ1) is 16.1. The molecule has 2 aliphatic carbocycles. The van der Waals surface area contributed by atoms with Gasteiger partial charge in [0, 0.05) is 12.0 Å². The molecule has 1 amide bonds. The minimum absolute atomic E-state index is 0.0978. The Kier molecular flexibility index (Phi) is 3.95. The quantitative estimate of drug-likeness (QED) is 0.853. The Morgan fingerprint density at radius 3 is 2.60 bits per heavy atom. The summed E-state index contributed by atoms with van der Waals surface area (Å²) in [6.45, 7) is 0. The van der Waals surface area contributed by atoms with Gasteiger partial charge in [-0.2, -0.15) is 0 Å². The maximum Gasteiger partial charge on any atom is 0.306 e. The van der Waals surface area contributed by atoms with E-state index in [1.54, 1.807) is 10.7 Å². The van der Waals surface area contributed by atoms with E-state index in [2.05, 4.69) is 15.4 Å². The van der Waals surface area contributed by atoms with E-state index < -0.39 is 5.97 Å². The van der Waals surface area contributed by atoms with Crippen LogP contribution in [0.25, 0.3) is 5.69 Å². The smallest absolute Gasteiger partial charge is 0.306 e. The van der Waals surface area contributed by atoms with Crippen LogP contribution in [0.5, 0.6) is 0 Å². The summed E-state index contributed by atoms with van der Waals surface area (Å²) >= 11 is 6.26. The number of carbonyl (C=O) groups excluding carboxylic acids is 1. The van der Waals surface area contributed by atoms with Crippen LogP contribution in [0, 0.1) is 5.92 Å². The molecule has 25 heavy (non-hydrogen) atoms. The van der Waals surface area contributed by atoms with Crippen molar-refractivity contribution in [2.45, 2.75) is 37.6 Å². The molecule has 1 aromatic carbocycles. The molecule has 0 aliphatic heterocycles. The van der Waals surface area contributed by atoms with E-state index in [4.69, 9.17) is 16.7 Å². The molecule has 2 saturated carbocycles. The number of carboxylic acid groups (broad SMARTS) is 1. The van der Waals surface area contributed by atoms with Crippen LogP contribution in [0.3, 0.4) is 0 Å². The number of nitrogens with one attached hydrogen (secondary N) is 1.